The molecule has 21 heavy (non-hydrogen) atoms. The van der Waals surface area contributed by atoms with Crippen LogP contribution < -0.4 is 5.69 Å². The molecule has 3 rings (SSSR count). The lowest BCUT2D eigenvalue weighted by molar-refractivity contribution is 0.218. The van der Waals surface area contributed by atoms with Crippen LogP contribution in [0.4, 0.5) is 4.39 Å². The molecule has 2 aromatic carbocycles. The first-order valence-corrected chi connectivity index (χ1v) is 7.87. The van der Waals surface area contributed by atoms with Gasteiger partial charge in [-0.05, 0) is 52.4 Å². The van der Waals surface area contributed by atoms with E-state index in [1.807, 2.05) is 22.6 Å². The molecular weight excluding hydrogens is 454 g/mol. The number of nitrogens with one attached hydrogen (secondary N) is 2. The van der Waals surface area contributed by atoms with Crippen molar-refractivity contribution in [2.24, 2.45) is 0 Å². The van der Waals surface area contributed by atoms with Crippen LogP contribution in [-0.4, -0.2) is 15.1 Å². The normalized spacial score (nSPS) is 12.8. The lowest BCUT2D eigenvalue weighted by atomic mass is 10.0. The van der Waals surface area contributed by atoms with Crippen molar-refractivity contribution in [2.75, 3.05) is 0 Å². The zero-order chi connectivity index (χ0) is 15.1. The summed E-state index contributed by atoms with van der Waals surface area (Å²) in [6.45, 7) is 0. The Morgan fingerprint density at radius 2 is 1.81 bits per heavy atom. The molecule has 1 unspecified atom stereocenters. The van der Waals surface area contributed by atoms with Gasteiger partial charge in [-0.3, -0.25) is 0 Å². The third-order valence-corrected chi connectivity index (χ3v) is 4.81. The van der Waals surface area contributed by atoms with Gasteiger partial charge in [0, 0.05) is 13.6 Å². The first-order chi connectivity index (χ1) is 9.95. The fraction of sp³-hybridized carbons (Fsp3) is 0.0714. The average molecular weight is 463 g/mol. The van der Waals surface area contributed by atoms with Crippen LogP contribution in [0.1, 0.15) is 17.2 Å². The van der Waals surface area contributed by atoms with Gasteiger partial charge >= 0.3 is 5.69 Å². The lowest BCUT2D eigenvalue weighted by Gasteiger charge is -2.15. The van der Waals surface area contributed by atoms with Crippen molar-refractivity contribution < 1.29 is 9.50 Å². The van der Waals surface area contributed by atoms with Gasteiger partial charge < -0.3 is 15.1 Å². The highest BCUT2D eigenvalue weighted by molar-refractivity contribution is 14.1. The lowest BCUT2D eigenvalue weighted by Crippen LogP contribution is -2.03. The van der Waals surface area contributed by atoms with Crippen LogP contribution >= 0.6 is 38.5 Å². The number of imidazole rings is 1. The summed E-state index contributed by atoms with van der Waals surface area (Å²) < 4.78 is 14.5. The van der Waals surface area contributed by atoms with E-state index in [2.05, 4.69) is 25.9 Å². The number of halogens is 3. The van der Waals surface area contributed by atoms with Crippen molar-refractivity contribution in [1.29, 1.82) is 0 Å². The summed E-state index contributed by atoms with van der Waals surface area (Å²) in [7, 11) is 0. The number of H-pyrrole nitrogens is 2. The third-order valence-electron chi connectivity index (χ3n) is 3.18. The fourth-order valence-electron chi connectivity index (χ4n) is 2.17. The van der Waals surface area contributed by atoms with Crippen molar-refractivity contribution in [3.63, 3.8) is 0 Å². The van der Waals surface area contributed by atoms with E-state index >= 15 is 0 Å². The molecule has 3 N–H and O–H groups in total. The van der Waals surface area contributed by atoms with E-state index in [9.17, 15) is 14.3 Å². The van der Waals surface area contributed by atoms with Gasteiger partial charge in [0.05, 0.1) is 11.0 Å². The largest absolute Gasteiger partial charge is 0.384 e. The molecule has 1 heterocycles. The number of benzene rings is 2. The van der Waals surface area contributed by atoms with Crippen LogP contribution in [0.15, 0.2) is 39.6 Å². The van der Waals surface area contributed by atoms with Crippen molar-refractivity contribution >= 4 is 49.6 Å². The number of fused-ring (bicyclic) bond motifs is 1. The van der Waals surface area contributed by atoms with Crippen LogP contribution in [-0.2, 0) is 0 Å². The second kappa shape index (κ2) is 5.54. The predicted molar refractivity (Wildman–Crippen MR) is 89.8 cm³/mol. The molecule has 0 fully saturated rings. The third kappa shape index (κ3) is 2.77. The van der Waals surface area contributed by atoms with Gasteiger partial charge in [0.1, 0.15) is 11.9 Å². The van der Waals surface area contributed by atoms with Gasteiger partial charge in [0.2, 0.25) is 0 Å². The second-order valence-electron chi connectivity index (χ2n) is 4.57. The highest BCUT2D eigenvalue weighted by Gasteiger charge is 2.18. The summed E-state index contributed by atoms with van der Waals surface area (Å²) >= 11 is 5.37. The predicted octanol–water partition coefficient (Wildman–Crippen LogP) is 3.44. The Hall–Kier alpha value is -1.19. The van der Waals surface area contributed by atoms with E-state index in [1.54, 1.807) is 18.2 Å². The number of aliphatic hydroxyl groups excluding tert-OH is 1. The van der Waals surface area contributed by atoms with Gasteiger partial charge in [-0.25, -0.2) is 9.18 Å². The van der Waals surface area contributed by atoms with Gasteiger partial charge in [0.25, 0.3) is 0 Å². The fourth-order valence-corrected chi connectivity index (χ4v) is 3.51. The molecule has 1 aromatic heterocycles. The first-order valence-electron chi connectivity index (χ1n) is 6.00. The average Bonchev–Trinajstić information content (AvgIpc) is 2.76. The molecule has 1 atom stereocenters. The molecule has 0 spiro atoms. The van der Waals surface area contributed by atoms with E-state index in [0.717, 1.165) is 0 Å². The van der Waals surface area contributed by atoms with E-state index in [0.29, 0.717) is 30.2 Å². The summed E-state index contributed by atoms with van der Waals surface area (Å²) in [4.78, 5) is 16.6. The summed E-state index contributed by atoms with van der Waals surface area (Å²) in [5.41, 5.74) is 2.16. The molecule has 7 heteroatoms. The maximum absolute atomic E-state index is 13.2. The molecule has 0 aliphatic carbocycles. The summed E-state index contributed by atoms with van der Waals surface area (Å²) in [5, 5.41) is 10.6. The van der Waals surface area contributed by atoms with Crippen molar-refractivity contribution in [1.82, 2.24) is 9.97 Å². The number of hydrogen-bond acceptors (Lipinski definition) is 2. The molecular formula is C14H9BrFIN2O2. The number of hydrogen-bond donors (Lipinski definition) is 3. The van der Waals surface area contributed by atoms with Gasteiger partial charge in [-0.15, -0.1) is 0 Å². The van der Waals surface area contributed by atoms with E-state index in [-0.39, 0.29) is 11.5 Å². The Kier molecular flexibility index (Phi) is 3.89. The van der Waals surface area contributed by atoms with Crippen molar-refractivity contribution in [3.05, 3.63) is 65.8 Å². The molecule has 0 bridgehead atoms. The van der Waals surface area contributed by atoms with Crippen molar-refractivity contribution in [2.45, 2.75) is 6.10 Å². The highest BCUT2D eigenvalue weighted by Crippen LogP contribution is 2.33. The van der Waals surface area contributed by atoms with E-state index in [4.69, 9.17) is 0 Å². The van der Waals surface area contributed by atoms with Crippen LogP contribution in [0.3, 0.4) is 0 Å². The molecule has 3 aromatic rings. The Bertz CT molecular complexity index is 890. The first kappa shape index (κ1) is 14.7. The number of aromatic nitrogens is 2. The van der Waals surface area contributed by atoms with Crippen molar-refractivity contribution in [3.8, 4) is 0 Å². The number of aromatic amines is 2. The SMILES string of the molecule is O=c1[nH]c2cc(Br)c(C(O)c3ccc(F)cc3I)cc2[nH]1. The number of aliphatic hydroxyl groups is 1. The topological polar surface area (TPSA) is 68.9 Å². The minimum atomic E-state index is -0.922. The summed E-state index contributed by atoms with van der Waals surface area (Å²) in [6.07, 6.45) is -0.922. The molecule has 108 valence electrons. The van der Waals surface area contributed by atoms with Gasteiger partial charge in [-0.1, -0.05) is 22.0 Å². The molecule has 0 amide bonds. The standard InChI is InChI=1S/C14H9BrFIN2O2/c15-9-5-12-11(18-14(21)19-12)4-8(9)13(20)7-2-1-6(16)3-10(7)17/h1-5,13,20H,(H2,18,19,21). The summed E-state index contributed by atoms with van der Waals surface area (Å²) in [6, 6.07) is 7.65. The molecule has 0 saturated carbocycles. The van der Waals surface area contributed by atoms with Crippen LogP contribution in [0.5, 0.6) is 0 Å². The maximum atomic E-state index is 13.2. The summed E-state index contributed by atoms with van der Waals surface area (Å²) in [5.74, 6) is -0.347. The quantitative estimate of drug-likeness (QED) is 0.510. The highest BCUT2D eigenvalue weighted by atomic mass is 127. The second-order valence-corrected chi connectivity index (χ2v) is 6.58. The Balaban J connectivity index is 2.14. The Morgan fingerprint density at radius 1 is 1.14 bits per heavy atom. The van der Waals surface area contributed by atoms with E-state index in [1.165, 1.54) is 12.1 Å². The Labute approximate surface area is 140 Å². The van der Waals surface area contributed by atoms with Gasteiger partial charge in [0.15, 0.2) is 0 Å². The van der Waals surface area contributed by atoms with Crippen LogP contribution in [0.2, 0.25) is 0 Å². The van der Waals surface area contributed by atoms with Crippen LogP contribution in [0.25, 0.3) is 11.0 Å². The smallest absolute Gasteiger partial charge is 0.323 e. The zero-order valence-electron chi connectivity index (χ0n) is 10.5. The van der Waals surface area contributed by atoms with Gasteiger partial charge in [-0.2, -0.15) is 0 Å². The van der Waals surface area contributed by atoms with E-state index < -0.39 is 6.10 Å². The molecule has 0 radical (unpaired) electrons. The monoisotopic (exact) mass is 462 g/mol. The van der Waals surface area contributed by atoms with Crippen LogP contribution in [0, 0.1) is 9.39 Å². The zero-order valence-corrected chi connectivity index (χ0v) is 14.2. The molecule has 4 nitrogen and oxygen atoms in total. The molecule has 0 saturated heterocycles. The Morgan fingerprint density at radius 3 is 2.48 bits per heavy atom. The number of rotatable bonds is 2. The minimum absolute atomic E-state index is 0.306. The molecule has 0 aliphatic heterocycles. The molecule has 0 aliphatic rings. The minimum Gasteiger partial charge on any atom is -0.384 e. The maximum Gasteiger partial charge on any atom is 0.323 e.